The fourth-order valence-corrected chi connectivity index (χ4v) is 7.93. The van der Waals surface area contributed by atoms with Crippen LogP contribution in [-0.4, -0.2) is 23.7 Å². The van der Waals surface area contributed by atoms with Crippen LogP contribution >= 0.6 is 0 Å². The van der Waals surface area contributed by atoms with Crippen molar-refractivity contribution in [1.29, 1.82) is 0 Å². The number of nitrogens with zero attached hydrogens (tertiary/aromatic N) is 1. The van der Waals surface area contributed by atoms with Gasteiger partial charge < -0.3 is 19.4 Å². The minimum atomic E-state index is -0.0792. The first-order valence-corrected chi connectivity index (χ1v) is 13.4. The second-order valence-electron chi connectivity index (χ2n) is 12.0. The standard InChI is InChI=1S/C31H32N2O4/c1-30-13-21-11-22(14-30)16-31(15-21,19-30)17-28(34)32-25-4-2-3-24-23(25)7-8-33(29(24)35)18-20-5-6-26-27(12-20)37-10-9-36-26/h2-8,12-13,22H,9-11,14-19H2,1H3,(H,32,34). The summed E-state index contributed by atoms with van der Waals surface area (Å²) >= 11 is 0. The van der Waals surface area contributed by atoms with Gasteiger partial charge in [0.05, 0.1) is 6.54 Å². The predicted octanol–water partition coefficient (Wildman–Crippen LogP) is 5.68. The number of ether oxygens (including phenoxy) is 2. The predicted molar refractivity (Wildman–Crippen MR) is 143 cm³/mol. The average molecular weight is 497 g/mol. The van der Waals surface area contributed by atoms with E-state index >= 15 is 0 Å². The number of carbonyl (C=O) groups is 1. The maximum Gasteiger partial charge on any atom is 0.258 e. The molecule has 0 radical (unpaired) electrons. The van der Waals surface area contributed by atoms with E-state index in [-0.39, 0.29) is 22.3 Å². The molecule has 190 valence electrons. The molecule has 6 nitrogen and oxygen atoms in total. The van der Waals surface area contributed by atoms with Crippen molar-refractivity contribution in [3.8, 4) is 11.5 Å². The Hall–Kier alpha value is -3.54. The number of hydrogen-bond donors (Lipinski definition) is 1. The van der Waals surface area contributed by atoms with Gasteiger partial charge in [0.2, 0.25) is 5.91 Å². The van der Waals surface area contributed by atoms with Gasteiger partial charge in [-0.25, -0.2) is 0 Å². The SMILES string of the molecule is CC12C=C3CC(C1)CC(CC(=O)Nc1cccc4c(=O)n(Cc5ccc6c(c5)OCCO6)ccc14)(C3)C2. The lowest BCUT2D eigenvalue weighted by Crippen LogP contribution is -2.47. The van der Waals surface area contributed by atoms with Crippen LogP contribution in [0.1, 0.15) is 51.0 Å². The zero-order chi connectivity index (χ0) is 25.2. The van der Waals surface area contributed by atoms with E-state index in [1.165, 1.54) is 12.8 Å². The highest BCUT2D eigenvalue weighted by Crippen LogP contribution is 2.63. The maximum atomic E-state index is 13.4. The monoisotopic (exact) mass is 496 g/mol. The Morgan fingerprint density at radius 1 is 1.08 bits per heavy atom. The number of fused-ring (bicyclic) bond motifs is 2. The molecule has 1 aliphatic heterocycles. The largest absolute Gasteiger partial charge is 0.486 e. The molecule has 37 heavy (non-hydrogen) atoms. The van der Waals surface area contributed by atoms with Gasteiger partial charge in [-0.05, 0) is 84.7 Å². The molecule has 2 heterocycles. The van der Waals surface area contributed by atoms with Crippen LogP contribution in [0.4, 0.5) is 5.69 Å². The Balaban J connectivity index is 1.12. The third-order valence-corrected chi connectivity index (χ3v) is 8.75. The summed E-state index contributed by atoms with van der Waals surface area (Å²) < 4.78 is 13.0. The van der Waals surface area contributed by atoms with Crippen molar-refractivity contribution in [2.45, 2.75) is 52.0 Å². The van der Waals surface area contributed by atoms with E-state index in [4.69, 9.17) is 9.47 Å². The van der Waals surface area contributed by atoms with Gasteiger partial charge in [0.1, 0.15) is 13.2 Å². The molecule has 5 aliphatic rings. The van der Waals surface area contributed by atoms with Gasteiger partial charge in [0, 0.05) is 29.1 Å². The normalized spacial score (nSPS) is 27.3. The van der Waals surface area contributed by atoms with Crippen LogP contribution in [0.15, 0.2) is 65.1 Å². The molecule has 0 spiro atoms. The summed E-state index contributed by atoms with van der Waals surface area (Å²) in [6.45, 7) is 3.87. The number of amides is 1. The second-order valence-corrected chi connectivity index (χ2v) is 12.0. The molecule has 1 aromatic heterocycles. The lowest BCUT2D eigenvalue weighted by Gasteiger charge is -2.57. The van der Waals surface area contributed by atoms with Crippen LogP contribution in [0.2, 0.25) is 0 Å². The Morgan fingerprint density at radius 3 is 2.78 bits per heavy atom. The first-order valence-electron chi connectivity index (χ1n) is 13.4. The molecule has 3 atom stereocenters. The number of benzene rings is 2. The van der Waals surface area contributed by atoms with Gasteiger partial charge in [0.25, 0.3) is 5.56 Å². The van der Waals surface area contributed by atoms with Gasteiger partial charge in [-0.15, -0.1) is 0 Å². The zero-order valence-corrected chi connectivity index (χ0v) is 21.2. The molecule has 3 aromatic rings. The van der Waals surface area contributed by atoms with Crippen molar-refractivity contribution < 1.29 is 14.3 Å². The smallest absolute Gasteiger partial charge is 0.258 e. The van der Waals surface area contributed by atoms with Crippen molar-refractivity contribution in [1.82, 2.24) is 4.57 Å². The summed E-state index contributed by atoms with van der Waals surface area (Å²) in [7, 11) is 0. The van der Waals surface area contributed by atoms with E-state index < -0.39 is 0 Å². The molecule has 0 saturated heterocycles. The fourth-order valence-electron chi connectivity index (χ4n) is 7.93. The van der Waals surface area contributed by atoms with E-state index in [1.54, 1.807) is 10.1 Å². The van der Waals surface area contributed by atoms with Crippen molar-refractivity contribution >= 4 is 22.4 Å². The molecule has 2 aromatic carbocycles. The molecule has 1 N–H and O–H groups in total. The van der Waals surface area contributed by atoms with Crippen molar-refractivity contribution in [2.75, 3.05) is 18.5 Å². The Morgan fingerprint density at radius 2 is 1.95 bits per heavy atom. The second kappa shape index (κ2) is 8.23. The third kappa shape index (κ3) is 4.03. The number of pyridine rings is 1. The molecule has 6 heteroatoms. The molecule has 3 unspecified atom stereocenters. The first-order chi connectivity index (χ1) is 17.9. The molecule has 2 fully saturated rings. The minimum absolute atomic E-state index is 0.0547. The molecule has 8 rings (SSSR count). The topological polar surface area (TPSA) is 69.6 Å². The number of aromatic nitrogens is 1. The highest BCUT2D eigenvalue weighted by atomic mass is 16.6. The number of anilines is 1. The average Bonchev–Trinajstić information content (AvgIpc) is 2.84. The lowest BCUT2D eigenvalue weighted by atomic mass is 9.48. The molecule has 4 aliphatic carbocycles. The van der Waals surface area contributed by atoms with Crippen molar-refractivity contribution in [2.24, 2.45) is 16.7 Å². The maximum absolute atomic E-state index is 13.4. The number of hydrogen-bond acceptors (Lipinski definition) is 4. The molecular weight excluding hydrogens is 464 g/mol. The highest BCUT2D eigenvalue weighted by molar-refractivity contribution is 6.02. The summed E-state index contributed by atoms with van der Waals surface area (Å²) in [5.41, 5.74) is 3.51. The van der Waals surface area contributed by atoms with E-state index in [1.807, 2.05) is 48.7 Å². The Kier molecular flexibility index (Phi) is 5.04. The molecule has 4 bridgehead atoms. The molecule has 2 saturated carbocycles. The quantitative estimate of drug-likeness (QED) is 0.462. The van der Waals surface area contributed by atoms with Crippen molar-refractivity contribution in [3.63, 3.8) is 0 Å². The highest BCUT2D eigenvalue weighted by Gasteiger charge is 2.52. The van der Waals surface area contributed by atoms with E-state index in [0.29, 0.717) is 43.0 Å². The van der Waals surface area contributed by atoms with Crippen LogP contribution in [0, 0.1) is 16.7 Å². The Bertz CT molecular complexity index is 1520. The fraction of sp³-hybridized carbons (Fsp3) is 0.419. The third-order valence-electron chi connectivity index (χ3n) is 8.75. The Labute approximate surface area is 216 Å². The first kappa shape index (κ1) is 22.6. The molecular formula is C31H32N2O4. The number of rotatable bonds is 5. The van der Waals surface area contributed by atoms with Crippen LogP contribution in [0.3, 0.4) is 0 Å². The van der Waals surface area contributed by atoms with E-state index in [2.05, 4.69) is 18.3 Å². The van der Waals surface area contributed by atoms with Gasteiger partial charge >= 0.3 is 0 Å². The summed E-state index contributed by atoms with van der Waals surface area (Å²) in [5.74, 6) is 2.23. The van der Waals surface area contributed by atoms with Crippen molar-refractivity contribution in [3.05, 3.63) is 76.2 Å². The van der Waals surface area contributed by atoms with Gasteiger partial charge in [-0.3, -0.25) is 9.59 Å². The van der Waals surface area contributed by atoms with Gasteiger partial charge in [-0.1, -0.05) is 30.7 Å². The van der Waals surface area contributed by atoms with Gasteiger partial charge in [-0.2, -0.15) is 0 Å². The summed E-state index contributed by atoms with van der Waals surface area (Å²) in [5, 5.41) is 4.55. The summed E-state index contributed by atoms with van der Waals surface area (Å²) in [6, 6.07) is 13.3. The van der Waals surface area contributed by atoms with Crippen LogP contribution in [0.5, 0.6) is 11.5 Å². The zero-order valence-electron chi connectivity index (χ0n) is 21.2. The summed E-state index contributed by atoms with van der Waals surface area (Å²) in [4.78, 5) is 26.7. The van der Waals surface area contributed by atoms with Gasteiger partial charge in [0.15, 0.2) is 11.5 Å². The number of nitrogens with one attached hydrogen (secondary N) is 1. The number of allylic oxidation sites excluding steroid dienone is 2. The minimum Gasteiger partial charge on any atom is -0.486 e. The lowest BCUT2D eigenvalue weighted by molar-refractivity contribution is -0.121. The van der Waals surface area contributed by atoms with Crippen LogP contribution in [-0.2, 0) is 11.3 Å². The molecule has 1 amide bonds. The van der Waals surface area contributed by atoms with E-state index in [9.17, 15) is 9.59 Å². The van der Waals surface area contributed by atoms with E-state index in [0.717, 1.165) is 41.9 Å². The summed E-state index contributed by atoms with van der Waals surface area (Å²) in [6.07, 6.45) is 10.7. The van der Waals surface area contributed by atoms with Crippen LogP contribution < -0.4 is 20.3 Å². The number of carbonyl (C=O) groups excluding carboxylic acids is 1. The van der Waals surface area contributed by atoms with Crippen LogP contribution in [0.25, 0.3) is 10.8 Å².